The number of nitrogens with zero attached hydrogens (tertiary/aromatic N) is 3. The summed E-state index contributed by atoms with van der Waals surface area (Å²) in [5.41, 5.74) is 1.84. The summed E-state index contributed by atoms with van der Waals surface area (Å²) in [6.07, 6.45) is 3.39. The van der Waals surface area contributed by atoms with Crippen molar-refractivity contribution < 1.29 is 14.7 Å². The molecule has 6 nitrogen and oxygen atoms in total. The van der Waals surface area contributed by atoms with E-state index in [2.05, 4.69) is 17.0 Å². The summed E-state index contributed by atoms with van der Waals surface area (Å²) in [5, 5.41) is 8.97. The highest BCUT2D eigenvalue weighted by Gasteiger charge is 2.49. The molecule has 1 aliphatic carbocycles. The van der Waals surface area contributed by atoms with Gasteiger partial charge in [0.1, 0.15) is 5.54 Å². The van der Waals surface area contributed by atoms with Gasteiger partial charge < -0.3 is 10.0 Å². The molecule has 1 unspecified atom stereocenters. The summed E-state index contributed by atoms with van der Waals surface area (Å²) < 4.78 is 0. The summed E-state index contributed by atoms with van der Waals surface area (Å²) in [5.74, 6) is -0.619. The number of carbonyl (C=O) groups is 2. The molecular formula is C20H29N3O3. The fourth-order valence-corrected chi connectivity index (χ4v) is 4.58. The molecule has 0 saturated carbocycles. The number of piperidine rings is 1. The molecule has 1 amide bonds. The zero-order chi connectivity index (χ0) is 18.9. The van der Waals surface area contributed by atoms with Gasteiger partial charge in [0.15, 0.2) is 0 Å². The monoisotopic (exact) mass is 359 g/mol. The summed E-state index contributed by atoms with van der Waals surface area (Å²) in [6, 6.07) is 8.50. The topological polar surface area (TPSA) is 64.1 Å². The lowest BCUT2D eigenvalue weighted by Crippen LogP contribution is -2.56. The van der Waals surface area contributed by atoms with Crippen LogP contribution in [0, 0.1) is 0 Å². The minimum Gasteiger partial charge on any atom is -0.480 e. The molecule has 0 bridgehead atoms. The average molecular weight is 359 g/mol. The molecule has 1 aliphatic heterocycles. The van der Waals surface area contributed by atoms with Gasteiger partial charge in [0.05, 0.1) is 6.54 Å². The van der Waals surface area contributed by atoms with Gasteiger partial charge >= 0.3 is 5.97 Å². The van der Waals surface area contributed by atoms with Crippen LogP contribution < -0.4 is 0 Å². The number of aryl methyl sites for hydroxylation is 1. The van der Waals surface area contributed by atoms with Crippen molar-refractivity contribution in [3.63, 3.8) is 0 Å². The second kappa shape index (κ2) is 7.37. The summed E-state index contributed by atoms with van der Waals surface area (Å²) in [7, 11) is 5.84. The average Bonchev–Trinajstić information content (AvgIpc) is 3.01. The number of carboxylic acids is 1. The molecule has 0 radical (unpaired) electrons. The standard InChI is InChI=1S/C20H29N3O3/c1-21(2)20(11-8-15-6-4-5-7-17(15)20)19(26)23-12-9-16(10-13-23)22(3)14-18(24)25/h4-7,16H,8-14H2,1-3H3,(H,24,25). The predicted octanol–water partition coefficient (Wildman–Crippen LogP) is 1.40. The Hall–Kier alpha value is -1.92. The Morgan fingerprint density at radius 1 is 1.19 bits per heavy atom. The molecule has 1 heterocycles. The Kier molecular flexibility index (Phi) is 5.34. The number of fused-ring (bicyclic) bond motifs is 1. The van der Waals surface area contributed by atoms with Crippen LogP contribution in [0.1, 0.15) is 30.4 Å². The number of hydrogen-bond acceptors (Lipinski definition) is 4. The molecule has 26 heavy (non-hydrogen) atoms. The number of benzene rings is 1. The maximum absolute atomic E-state index is 13.6. The maximum atomic E-state index is 13.6. The van der Waals surface area contributed by atoms with Crippen molar-refractivity contribution in [3.8, 4) is 0 Å². The van der Waals surface area contributed by atoms with E-state index in [0.717, 1.165) is 31.2 Å². The fourth-order valence-electron chi connectivity index (χ4n) is 4.58. The lowest BCUT2D eigenvalue weighted by Gasteiger charge is -2.43. The summed E-state index contributed by atoms with van der Waals surface area (Å²) in [6.45, 7) is 1.42. The van der Waals surface area contributed by atoms with E-state index in [9.17, 15) is 9.59 Å². The number of carbonyl (C=O) groups excluding carboxylic acids is 1. The highest BCUT2D eigenvalue weighted by Crippen LogP contribution is 2.42. The van der Waals surface area contributed by atoms with Gasteiger partial charge in [-0.1, -0.05) is 24.3 Å². The number of aliphatic carboxylic acids is 1. The molecule has 0 aromatic heterocycles. The fraction of sp³-hybridized carbons (Fsp3) is 0.600. The molecular weight excluding hydrogens is 330 g/mol. The van der Waals surface area contributed by atoms with Gasteiger partial charge in [0.2, 0.25) is 5.91 Å². The molecule has 6 heteroatoms. The number of likely N-dealkylation sites (N-methyl/N-ethyl adjacent to an activating group) is 2. The van der Waals surface area contributed by atoms with E-state index in [-0.39, 0.29) is 18.5 Å². The van der Waals surface area contributed by atoms with E-state index in [1.807, 2.05) is 43.1 Å². The molecule has 2 aliphatic rings. The Bertz CT molecular complexity index is 683. The molecule has 3 rings (SSSR count). The Balaban J connectivity index is 1.74. The van der Waals surface area contributed by atoms with E-state index < -0.39 is 11.5 Å². The van der Waals surface area contributed by atoms with Crippen molar-refractivity contribution >= 4 is 11.9 Å². The predicted molar refractivity (Wildman–Crippen MR) is 100.0 cm³/mol. The zero-order valence-electron chi connectivity index (χ0n) is 15.9. The van der Waals surface area contributed by atoms with Gasteiger partial charge in [-0.2, -0.15) is 0 Å². The van der Waals surface area contributed by atoms with Crippen molar-refractivity contribution in [2.24, 2.45) is 0 Å². The molecule has 1 aromatic rings. The first kappa shape index (κ1) is 18.9. The van der Waals surface area contributed by atoms with Crippen LogP contribution >= 0.6 is 0 Å². The molecule has 1 saturated heterocycles. The number of rotatable bonds is 5. The minimum atomic E-state index is -0.805. The van der Waals surface area contributed by atoms with Gasteiger partial charge in [-0.15, -0.1) is 0 Å². The summed E-state index contributed by atoms with van der Waals surface area (Å²) >= 11 is 0. The maximum Gasteiger partial charge on any atom is 0.317 e. The Morgan fingerprint density at radius 2 is 1.85 bits per heavy atom. The highest BCUT2D eigenvalue weighted by atomic mass is 16.4. The third-order valence-corrected chi connectivity index (χ3v) is 6.10. The van der Waals surface area contributed by atoms with Crippen molar-refractivity contribution in [2.75, 3.05) is 40.8 Å². The first-order chi connectivity index (χ1) is 12.4. The molecule has 1 N–H and O–H groups in total. The van der Waals surface area contributed by atoms with Crippen molar-refractivity contribution in [3.05, 3.63) is 35.4 Å². The lowest BCUT2D eigenvalue weighted by molar-refractivity contribution is -0.146. The number of likely N-dealkylation sites (tertiary alicyclic amines) is 1. The van der Waals surface area contributed by atoms with Crippen LogP contribution in [0.15, 0.2) is 24.3 Å². The molecule has 1 fully saturated rings. The van der Waals surface area contributed by atoms with E-state index in [4.69, 9.17) is 5.11 Å². The van der Waals surface area contributed by atoms with Crippen molar-refractivity contribution in [1.29, 1.82) is 0 Å². The largest absolute Gasteiger partial charge is 0.480 e. The molecule has 0 spiro atoms. The van der Waals surface area contributed by atoms with E-state index >= 15 is 0 Å². The Labute approximate surface area is 155 Å². The minimum absolute atomic E-state index is 0.0492. The second-order valence-corrected chi connectivity index (χ2v) is 7.74. The SMILES string of the molecule is CN(CC(=O)O)C1CCN(C(=O)C2(N(C)C)CCc3ccccc32)CC1. The van der Waals surface area contributed by atoms with Crippen LogP contribution in [0.5, 0.6) is 0 Å². The van der Waals surface area contributed by atoms with E-state index in [1.165, 1.54) is 5.56 Å². The number of hydrogen-bond donors (Lipinski definition) is 1. The van der Waals surface area contributed by atoms with Crippen LogP contribution in [0.25, 0.3) is 0 Å². The van der Waals surface area contributed by atoms with Crippen LogP contribution in [-0.2, 0) is 21.5 Å². The quantitative estimate of drug-likeness (QED) is 0.861. The first-order valence-electron chi connectivity index (χ1n) is 9.33. The highest BCUT2D eigenvalue weighted by molar-refractivity contribution is 5.89. The van der Waals surface area contributed by atoms with Crippen molar-refractivity contribution in [2.45, 2.75) is 37.3 Å². The Morgan fingerprint density at radius 3 is 2.46 bits per heavy atom. The molecule has 1 atom stereocenters. The first-order valence-corrected chi connectivity index (χ1v) is 9.33. The number of amides is 1. The lowest BCUT2D eigenvalue weighted by atomic mass is 9.87. The zero-order valence-corrected chi connectivity index (χ0v) is 15.9. The van der Waals surface area contributed by atoms with Gasteiger partial charge in [-0.25, -0.2) is 0 Å². The van der Waals surface area contributed by atoms with Crippen LogP contribution in [0.4, 0.5) is 0 Å². The van der Waals surface area contributed by atoms with Crippen LogP contribution in [0.2, 0.25) is 0 Å². The normalized spacial score (nSPS) is 23.5. The van der Waals surface area contributed by atoms with Gasteiger partial charge in [-0.3, -0.25) is 19.4 Å². The smallest absolute Gasteiger partial charge is 0.317 e. The number of carboxylic acid groups (broad SMARTS) is 1. The van der Waals surface area contributed by atoms with E-state index in [1.54, 1.807) is 0 Å². The van der Waals surface area contributed by atoms with E-state index in [0.29, 0.717) is 13.1 Å². The molecule has 142 valence electrons. The summed E-state index contributed by atoms with van der Waals surface area (Å²) in [4.78, 5) is 30.4. The van der Waals surface area contributed by atoms with Gasteiger partial charge in [0.25, 0.3) is 0 Å². The molecule has 1 aromatic carbocycles. The van der Waals surface area contributed by atoms with Crippen LogP contribution in [-0.4, -0.2) is 78.5 Å². The van der Waals surface area contributed by atoms with Gasteiger partial charge in [-0.05, 0) is 58.0 Å². The van der Waals surface area contributed by atoms with Crippen LogP contribution in [0.3, 0.4) is 0 Å². The van der Waals surface area contributed by atoms with Gasteiger partial charge in [0, 0.05) is 19.1 Å². The second-order valence-electron chi connectivity index (χ2n) is 7.74. The third-order valence-electron chi connectivity index (χ3n) is 6.10. The van der Waals surface area contributed by atoms with Crippen molar-refractivity contribution in [1.82, 2.24) is 14.7 Å². The third kappa shape index (κ3) is 3.23.